The highest BCUT2D eigenvalue weighted by atomic mass is 35.5. The normalized spacial score (nSPS) is 15.4. The van der Waals surface area contributed by atoms with Gasteiger partial charge >= 0.3 is 18.2 Å². The quantitative estimate of drug-likeness (QED) is 0.150. The van der Waals surface area contributed by atoms with Crippen molar-refractivity contribution in [2.24, 2.45) is 0 Å². The molecule has 14 heteroatoms. The monoisotopic (exact) mass is 730 g/mol. The van der Waals surface area contributed by atoms with E-state index in [0.29, 0.717) is 18.1 Å². The van der Waals surface area contributed by atoms with Gasteiger partial charge in [-0.15, -0.1) is 0 Å². The highest BCUT2D eigenvalue weighted by molar-refractivity contribution is 7.91. The standard InChI is InChI=1S/C36H43ClN2O10S/c1-36(2,3)49-35(42)39(23-31(25-9-8-10-26(37)21-25)48-32-11-6-7-20-47-32)19-18-24-12-14-27(15-13-24)50(43,44)28-16-17-30(38-34(41)46-5)29(22-28)33(40)45-4/h8-10,12-17,21-22,31-32H,6-7,11,18-20,23H2,1-5H3,(H,38,41)/t31-,32?/m1/s1. The minimum atomic E-state index is -4.08. The first kappa shape index (κ1) is 38.6. The van der Waals surface area contributed by atoms with Crippen LogP contribution in [0.3, 0.4) is 0 Å². The summed E-state index contributed by atoms with van der Waals surface area (Å²) in [6, 6.07) is 17.2. The predicted molar refractivity (Wildman–Crippen MR) is 186 cm³/mol. The first-order chi connectivity index (χ1) is 23.7. The Morgan fingerprint density at radius 3 is 2.32 bits per heavy atom. The van der Waals surface area contributed by atoms with Crippen molar-refractivity contribution in [1.82, 2.24) is 4.90 Å². The largest absolute Gasteiger partial charge is 0.465 e. The number of sulfone groups is 1. The summed E-state index contributed by atoms with van der Waals surface area (Å²) in [5.74, 6) is -0.840. The van der Waals surface area contributed by atoms with Crippen LogP contribution >= 0.6 is 11.6 Å². The zero-order valence-electron chi connectivity index (χ0n) is 28.8. The number of methoxy groups -OCH3 is 2. The maximum atomic E-state index is 13.6. The number of hydrogen-bond acceptors (Lipinski definition) is 10. The van der Waals surface area contributed by atoms with Crippen molar-refractivity contribution in [1.29, 1.82) is 0 Å². The molecule has 0 radical (unpaired) electrons. The number of ether oxygens (including phenoxy) is 5. The van der Waals surface area contributed by atoms with Gasteiger partial charge < -0.3 is 28.6 Å². The molecule has 1 fully saturated rings. The number of esters is 1. The third kappa shape index (κ3) is 10.7. The van der Waals surface area contributed by atoms with Gasteiger partial charge in [0.25, 0.3) is 0 Å². The maximum Gasteiger partial charge on any atom is 0.411 e. The second-order valence-corrected chi connectivity index (χ2v) is 15.0. The maximum absolute atomic E-state index is 13.6. The van der Waals surface area contributed by atoms with Gasteiger partial charge in [0.15, 0.2) is 6.29 Å². The molecule has 0 aliphatic carbocycles. The molecule has 3 aromatic rings. The third-order valence-electron chi connectivity index (χ3n) is 7.75. The molecule has 1 N–H and O–H groups in total. The minimum Gasteiger partial charge on any atom is -0.465 e. The van der Waals surface area contributed by atoms with E-state index in [4.69, 9.17) is 30.5 Å². The van der Waals surface area contributed by atoms with Crippen LogP contribution in [0.2, 0.25) is 5.02 Å². The van der Waals surface area contributed by atoms with Gasteiger partial charge in [0.2, 0.25) is 9.84 Å². The Labute approximate surface area is 297 Å². The summed E-state index contributed by atoms with van der Waals surface area (Å²) in [4.78, 5) is 39.0. The summed E-state index contributed by atoms with van der Waals surface area (Å²) in [6.45, 7) is 6.37. The van der Waals surface area contributed by atoms with Gasteiger partial charge in [0, 0.05) is 18.2 Å². The molecule has 1 aliphatic heterocycles. The number of rotatable bonds is 12. The smallest absolute Gasteiger partial charge is 0.411 e. The van der Waals surface area contributed by atoms with Crippen molar-refractivity contribution in [3.63, 3.8) is 0 Å². The van der Waals surface area contributed by atoms with Gasteiger partial charge in [0.05, 0.1) is 41.8 Å². The fourth-order valence-electron chi connectivity index (χ4n) is 5.19. The molecule has 0 bridgehead atoms. The van der Waals surface area contributed by atoms with E-state index in [1.165, 1.54) is 24.3 Å². The lowest BCUT2D eigenvalue weighted by atomic mass is 10.1. The number of amides is 2. The number of carbonyl (C=O) groups is 3. The Morgan fingerprint density at radius 2 is 1.70 bits per heavy atom. The lowest BCUT2D eigenvalue weighted by Gasteiger charge is -2.33. The Bertz CT molecular complexity index is 1750. The molecule has 2 amide bonds. The average Bonchev–Trinajstić information content (AvgIpc) is 3.09. The number of halogens is 1. The Morgan fingerprint density at radius 1 is 0.980 bits per heavy atom. The van der Waals surface area contributed by atoms with Crippen molar-refractivity contribution in [3.05, 3.63) is 88.4 Å². The van der Waals surface area contributed by atoms with E-state index in [1.807, 2.05) is 12.1 Å². The minimum absolute atomic E-state index is 0.0170. The second-order valence-electron chi connectivity index (χ2n) is 12.6. The number of benzene rings is 3. The predicted octanol–water partition coefficient (Wildman–Crippen LogP) is 7.20. The van der Waals surface area contributed by atoms with Crippen molar-refractivity contribution in [2.75, 3.05) is 39.2 Å². The molecule has 1 aliphatic rings. The lowest BCUT2D eigenvalue weighted by molar-refractivity contribution is -0.192. The molecule has 50 heavy (non-hydrogen) atoms. The fourth-order valence-corrected chi connectivity index (χ4v) is 6.68. The van der Waals surface area contributed by atoms with Crippen LogP contribution in [0.15, 0.2) is 76.5 Å². The zero-order chi connectivity index (χ0) is 36.5. The van der Waals surface area contributed by atoms with Crippen LogP contribution in [-0.4, -0.2) is 77.3 Å². The van der Waals surface area contributed by atoms with Gasteiger partial charge in [-0.05, 0) is 100 Å². The Balaban J connectivity index is 1.55. The van der Waals surface area contributed by atoms with E-state index in [0.717, 1.165) is 50.7 Å². The summed E-state index contributed by atoms with van der Waals surface area (Å²) >= 11 is 6.33. The van der Waals surface area contributed by atoms with E-state index >= 15 is 0 Å². The fraction of sp³-hybridized carbons (Fsp3) is 0.417. The number of hydrogen-bond donors (Lipinski definition) is 1. The van der Waals surface area contributed by atoms with Crippen molar-refractivity contribution >= 4 is 45.3 Å². The van der Waals surface area contributed by atoms with Gasteiger partial charge in [0.1, 0.15) is 11.7 Å². The van der Waals surface area contributed by atoms with E-state index in [9.17, 15) is 22.8 Å². The number of nitrogens with zero attached hydrogens (tertiary/aromatic N) is 1. The van der Waals surface area contributed by atoms with Gasteiger partial charge in [-0.25, -0.2) is 22.8 Å². The van der Waals surface area contributed by atoms with Crippen LogP contribution < -0.4 is 5.32 Å². The molecule has 4 rings (SSSR count). The molecule has 270 valence electrons. The van der Waals surface area contributed by atoms with Crippen molar-refractivity contribution < 1.29 is 46.5 Å². The molecule has 12 nitrogen and oxygen atoms in total. The van der Waals surface area contributed by atoms with Crippen LogP contribution in [0.5, 0.6) is 0 Å². The summed E-state index contributed by atoms with van der Waals surface area (Å²) in [5.41, 5.74) is 0.682. The van der Waals surface area contributed by atoms with Crippen LogP contribution in [0, 0.1) is 0 Å². The van der Waals surface area contributed by atoms with Crippen LogP contribution in [0.4, 0.5) is 15.3 Å². The summed E-state index contributed by atoms with van der Waals surface area (Å²) in [5, 5.41) is 2.91. The molecule has 2 atom stereocenters. The van der Waals surface area contributed by atoms with Gasteiger partial charge in [-0.3, -0.25) is 5.32 Å². The summed E-state index contributed by atoms with van der Waals surface area (Å²) in [7, 11) is -1.78. The Hall–Kier alpha value is -4.17. The molecule has 1 unspecified atom stereocenters. The van der Waals surface area contributed by atoms with E-state index in [2.05, 4.69) is 10.1 Å². The average molecular weight is 731 g/mol. The summed E-state index contributed by atoms with van der Waals surface area (Å²) < 4.78 is 54.5. The van der Waals surface area contributed by atoms with Crippen LogP contribution in [0.1, 0.15) is 67.6 Å². The first-order valence-corrected chi connectivity index (χ1v) is 18.0. The van der Waals surface area contributed by atoms with Gasteiger partial charge in [-0.2, -0.15) is 0 Å². The van der Waals surface area contributed by atoms with Crippen LogP contribution in [0.25, 0.3) is 0 Å². The van der Waals surface area contributed by atoms with Crippen molar-refractivity contribution in [3.8, 4) is 0 Å². The molecular weight excluding hydrogens is 688 g/mol. The van der Waals surface area contributed by atoms with E-state index in [1.54, 1.807) is 49.9 Å². The van der Waals surface area contributed by atoms with Crippen molar-refractivity contribution in [2.45, 2.75) is 74.2 Å². The molecule has 1 heterocycles. The highest BCUT2D eigenvalue weighted by Crippen LogP contribution is 2.29. The first-order valence-electron chi connectivity index (χ1n) is 16.1. The second kappa shape index (κ2) is 17.2. The SMILES string of the molecule is COC(=O)Nc1ccc(S(=O)(=O)c2ccc(CCN(C[C@@H](OC3CCCCO3)c3cccc(Cl)c3)C(=O)OC(C)(C)C)cc2)cc1C(=O)OC. The zero-order valence-corrected chi connectivity index (χ0v) is 30.3. The topological polar surface area (TPSA) is 147 Å². The third-order valence-corrected chi connectivity index (χ3v) is 9.75. The highest BCUT2D eigenvalue weighted by Gasteiger charge is 2.29. The Kier molecular flexibility index (Phi) is 13.3. The molecule has 3 aromatic carbocycles. The summed E-state index contributed by atoms with van der Waals surface area (Å²) in [6.07, 6.45) is 0.702. The van der Waals surface area contributed by atoms with E-state index in [-0.39, 0.29) is 34.1 Å². The number of nitrogens with one attached hydrogen (secondary N) is 1. The number of anilines is 1. The van der Waals surface area contributed by atoms with Crippen LogP contribution in [-0.2, 0) is 39.9 Å². The molecule has 0 aromatic heterocycles. The van der Waals surface area contributed by atoms with Gasteiger partial charge in [-0.1, -0.05) is 35.9 Å². The molecule has 0 spiro atoms. The van der Waals surface area contributed by atoms with E-state index < -0.39 is 46.0 Å². The molecule has 1 saturated heterocycles. The molecule has 0 saturated carbocycles. The lowest BCUT2D eigenvalue weighted by Crippen LogP contribution is -2.41. The molecular formula is C36H43ClN2O10S. The number of carbonyl (C=O) groups excluding carboxylic acids is 3.